The Labute approximate surface area is 225 Å². The highest BCUT2D eigenvalue weighted by Crippen LogP contribution is 2.34. The minimum absolute atomic E-state index is 0.0894. The molecule has 39 heavy (non-hydrogen) atoms. The van der Waals surface area contributed by atoms with Gasteiger partial charge in [0.1, 0.15) is 0 Å². The SMILES string of the molecule is Cc1ccc(C(=O)Nc2ccc(CN3CCN(C)CC3)c(C(F)(F)F)c2)cc1C#Cc1ncc2ccccn12. The van der Waals surface area contributed by atoms with Gasteiger partial charge in [-0.15, -0.1) is 0 Å². The van der Waals surface area contributed by atoms with Crippen molar-refractivity contribution in [3.63, 3.8) is 0 Å². The first-order valence-electron chi connectivity index (χ1n) is 12.6. The highest BCUT2D eigenvalue weighted by atomic mass is 19.4. The van der Waals surface area contributed by atoms with Crippen LogP contribution in [0.25, 0.3) is 5.52 Å². The van der Waals surface area contributed by atoms with Gasteiger partial charge in [0.25, 0.3) is 5.91 Å². The molecule has 0 bridgehead atoms. The van der Waals surface area contributed by atoms with E-state index in [1.165, 1.54) is 12.1 Å². The van der Waals surface area contributed by atoms with E-state index in [-0.39, 0.29) is 17.8 Å². The van der Waals surface area contributed by atoms with Crippen LogP contribution in [0.3, 0.4) is 0 Å². The van der Waals surface area contributed by atoms with Gasteiger partial charge in [-0.2, -0.15) is 13.2 Å². The lowest BCUT2D eigenvalue weighted by atomic mass is 10.0. The molecule has 1 fully saturated rings. The molecule has 0 unspecified atom stereocenters. The monoisotopic (exact) mass is 531 g/mol. The van der Waals surface area contributed by atoms with Gasteiger partial charge < -0.3 is 10.2 Å². The van der Waals surface area contributed by atoms with Gasteiger partial charge in [-0.25, -0.2) is 4.98 Å². The molecule has 3 heterocycles. The quantitative estimate of drug-likeness (QED) is 0.374. The Morgan fingerprint density at radius 2 is 1.82 bits per heavy atom. The Bertz CT molecular complexity index is 1570. The van der Waals surface area contributed by atoms with E-state index in [9.17, 15) is 18.0 Å². The summed E-state index contributed by atoms with van der Waals surface area (Å²) in [5.74, 6) is 6.18. The summed E-state index contributed by atoms with van der Waals surface area (Å²) in [5.41, 5.74) is 2.27. The fourth-order valence-corrected chi connectivity index (χ4v) is 4.56. The van der Waals surface area contributed by atoms with E-state index >= 15 is 0 Å². The number of aryl methyl sites for hydroxylation is 1. The molecule has 200 valence electrons. The van der Waals surface area contributed by atoms with Crippen molar-refractivity contribution in [1.29, 1.82) is 0 Å². The summed E-state index contributed by atoms with van der Waals surface area (Å²) in [6.45, 7) is 5.14. The summed E-state index contributed by atoms with van der Waals surface area (Å²) in [5, 5.41) is 2.62. The van der Waals surface area contributed by atoms with E-state index in [0.29, 0.717) is 30.0 Å². The number of aromatic nitrogens is 2. The first-order valence-corrected chi connectivity index (χ1v) is 12.6. The van der Waals surface area contributed by atoms with Crippen LogP contribution in [0.1, 0.15) is 38.4 Å². The molecule has 6 nitrogen and oxygen atoms in total. The van der Waals surface area contributed by atoms with Crippen LogP contribution in [-0.2, 0) is 12.7 Å². The van der Waals surface area contributed by atoms with Gasteiger partial charge in [0.05, 0.1) is 17.3 Å². The maximum Gasteiger partial charge on any atom is 0.416 e. The number of nitrogens with zero attached hydrogens (tertiary/aromatic N) is 4. The third-order valence-electron chi connectivity index (χ3n) is 6.91. The number of rotatable bonds is 4. The second-order valence-electron chi connectivity index (χ2n) is 9.76. The Morgan fingerprint density at radius 3 is 2.59 bits per heavy atom. The number of amides is 1. The highest BCUT2D eigenvalue weighted by molar-refractivity contribution is 6.04. The standard InChI is InChI=1S/C30H28F3N5O/c1-21-6-7-23(17-22(21)9-11-28-34-19-26-5-3-4-12-38(26)28)29(39)35-25-10-8-24(27(18-25)30(31,32)33)20-37-15-13-36(2)14-16-37/h3-8,10,12,17-19H,13-16,20H2,1-2H3,(H,35,39). The summed E-state index contributed by atoms with van der Waals surface area (Å²) in [6.07, 6.45) is -0.937. The molecule has 1 saturated heterocycles. The van der Waals surface area contributed by atoms with Gasteiger partial charge in [-0.3, -0.25) is 14.1 Å². The van der Waals surface area contributed by atoms with E-state index in [4.69, 9.17) is 0 Å². The van der Waals surface area contributed by atoms with Crippen LogP contribution in [0, 0.1) is 18.8 Å². The maximum absolute atomic E-state index is 13.9. The fraction of sp³-hybridized carbons (Fsp3) is 0.267. The summed E-state index contributed by atoms with van der Waals surface area (Å²) in [7, 11) is 2.00. The maximum atomic E-state index is 13.9. The Hall–Kier alpha value is -4.13. The van der Waals surface area contributed by atoms with E-state index in [2.05, 4.69) is 27.0 Å². The van der Waals surface area contributed by atoms with E-state index in [1.807, 2.05) is 47.7 Å². The number of hydrogen-bond acceptors (Lipinski definition) is 4. The number of anilines is 1. The highest BCUT2D eigenvalue weighted by Gasteiger charge is 2.34. The molecular weight excluding hydrogens is 503 g/mol. The van der Waals surface area contributed by atoms with Crippen LogP contribution in [0.4, 0.5) is 18.9 Å². The molecule has 1 aliphatic heterocycles. The Kier molecular flexibility index (Phi) is 7.42. The molecule has 4 aromatic rings. The molecule has 2 aromatic heterocycles. The van der Waals surface area contributed by atoms with Crippen molar-refractivity contribution in [1.82, 2.24) is 19.2 Å². The lowest BCUT2D eigenvalue weighted by molar-refractivity contribution is -0.138. The molecule has 5 rings (SSSR count). The number of benzene rings is 2. The third kappa shape index (κ3) is 6.14. The van der Waals surface area contributed by atoms with Crippen molar-refractivity contribution in [2.24, 2.45) is 0 Å². The average Bonchev–Trinajstić information content (AvgIpc) is 3.33. The van der Waals surface area contributed by atoms with Gasteiger partial charge in [-0.1, -0.05) is 24.1 Å². The minimum atomic E-state index is -4.54. The normalized spacial score (nSPS) is 14.7. The number of hydrogen-bond donors (Lipinski definition) is 1. The van der Waals surface area contributed by atoms with Gasteiger partial charge in [-0.05, 0) is 67.4 Å². The second kappa shape index (κ2) is 10.9. The number of carbonyl (C=O) groups excluding carboxylic acids is 1. The van der Waals surface area contributed by atoms with E-state index in [0.717, 1.165) is 30.2 Å². The molecule has 1 N–H and O–H groups in total. The van der Waals surface area contributed by atoms with Crippen LogP contribution in [0.5, 0.6) is 0 Å². The molecular formula is C30H28F3N5O. The third-order valence-corrected chi connectivity index (χ3v) is 6.91. The van der Waals surface area contributed by atoms with Crippen LogP contribution >= 0.6 is 0 Å². The van der Waals surface area contributed by atoms with Crippen molar-refractivity contribution in [3.05, 3.63) is 101 Å². The molecule has 2 aromatic carbocycles. The zero-order chi connectivity index (χ0) is 27.6. The number of pyridine rings is 1. The second-order valence-corrected chi connectivity index (χ2v) is 9.76. The summed E-state index contributed by atoms with van der Waals surface area (Å²) in [4.78, 5) is 21.5. The topological polar surface area (TPSA) is 52.9 Å². The van der Waals surface area contributed by atoms with Gasteiger partial charge >= 0.3 is 6.18 Å². The van der Waals surface area contributed by atoms with Crippen molar-refractivity contribution in [2.75, 3.05) is 38.5 Å². The first kappa shape index (κ1) is 26.5. The molecule has 0 saturated carbocycles. The van der Waals surface area contributed by atoms with Gasteiger partial charge in [0.15, 0.2) is 5.82 Å². The molecule has 0 atom stereocenters. The van der Waals surface area contributed by atoms with Gasteiger partial charge in [0.2, 0.25) is 0 Å². The van der Waals surface area contributed by atoms with Crippen molar-refractivity contribution >= 4 is 17.1 Å². The van der Waals surface area contributed by atoms with Crippen LogP contribution in [0.2, 0.25) is 0 Å². The predicted octanol–water partition coefficient (Wildman–Crippen LogP) is 5.06. The van der Waals surface area contributed by atoms with E-state index < -0.39 is 17.6 Å². The lowest BCUT2D eigenvalue weighted by Crippen LogP contribution is -2.44. The Morgan fingerprint density at radius 1 is 1.03 bits per heavy atom. The molecule has 0 spiro atoms. The number of imidazole rings is 1. The number of nitrogens with one attached hydrogen (secondary N) is 1. The number of alkyl halides is 3. The molecule has 0 aliphatic carbocycles. The summed E-state index contributed by atoms with van der Waals surface area (Å²) >= 11 is 0. The smallest absolute Gasteiger partial charge is 0.322 e. The van der Waals surface area contributed by atoms with Crippen LogP contribution in [0.15, 0.2) is 67.0 Å². The molecule has 9 heteroatoms. The number of likely N-dealkylation sites (N-methyl/N-ethyl adjacent to an activating group) is 1. The van der Waals surface area contributed by atoms with Crippen molar-refractivity contribution < 1.29 is 18.0 Å². The Balaban J connectivity index is 1.35. The fourth-order valence-electron chi connectivity index (χ4n) is 4.56. The first-order chi connectivity index (χ1) is 18.7. The number of carbonyl (C=O) groups is 1. The van der Waals surface area contributed by atoms with Crippen LogP contribution in [-0.4, -0.2) is 58.3 Å². The molecule has 0 radical (unpaired) electrons. The predicted molar refractivity (Wildman–Crippen MR) is 145 cm³/mol. The molecule has 1 amide bonds. The number of halogens is 3. The van der Waals surface area contributed by atoms with Gasteiger partial charge in [0, 0.05) is 55.7 Å². The number of fused-ring (bicyclic) bond motifs is 1. The van der Waals surface area contributed by atoms with Crippen molar-refractivity contribution in [2.45, 2.75) is 19.6 Å². The lowest BCUT2D eigenvalue weighted by Gasteiger charge is -2.33. The summed E-state index contributed by atoms with van der Waals surface area (Å²) < 4.78 is 43.7. The van der Waals surface area contributed by atoms with E-state index in [1.54, 1.807) is 24.4 Å². The summed E-state index contributed by atoms with van der Waals surface area (Å²) in [6, 6.07) is 14.8. The van der Waals surface area contributed by atoms with Crippen LogP contribution < -0.4 is 5.32 Å². The average molecular weight is 532 g/mol. The zero-order valence-electron chi connectivity index (χ0n) is 21.7. The molecule has 1 aliphatic rings. The van der Waals surface area contributed by atoms with Crippen molar-refractivity contribution in [3.8, 4) is 11.8 Å². The zero-order valence-corrected chi connectivity index (χ0v) is 21.7. The minimum Gasteiger partial charge on any atom is -0.322 e. The largest absolute Gasteiger partial charge is 0.416 e. The number of piperazine rings is 1.